The quantitative estimate of drug-likeness (QED) is 0.823. The predicted octanol–water partition coefficient (Wildman–Crippen LogP) is 1.50. The van der Waals surface area contributed by atoms with Gasteiger partial charge in [0.05, 0.1) is 17.5 Å². The largest absolute Gasteiger partial charge is 0.480 e. The van der Waals surface area contributed by atoms with Gasteiger partial charge in [-0.25, -0.2) is 9.59 Å². The molecule has 0 radical (unpaired) electrons. The topological polar surface area (TPSA) is 78.9 Å². The lowest BCUT2D eigenvalue weighted by Gasteiger charge is -2.29. The number of hydrogen-bond donors (Lipinski definition) is 2. The summed E-state index contributed by atoms with van der Waals surface area (Å²) in [6.07, 6.45) is 2.74. The molecule has 7 heteroatoms. The number of ether oxygens (including phenoxy) is 1. The number of carboxylic acids is 1. The number of carbonyl (C=O) groups is 2. The minimum absolute atomic E-state index is 0.0394. The Bertz CT molecular complexity index is 373. The molecule has 0 saturated carbocycles. The first-order chi connectivity index (χ1) is 9.54. The maximum atomic E-state index is 12.4. The first kappa shape index (κ1) is 15.4. The van der Waals surface area contributed by atoms with E-state index in [2.05, 4.69) is 5.32 Å². The molecular formula is C13H22N2O4S. The highest BCUT2D eigenvalue weighted by atomic mass is 32.2. The molecule has 0 bridgehead atoms. The second kappa shape index (κ2) is 6.67. The summed E-state index contributed by atoms with van der Waals surface area (Å²) in [5.41, 5.74) is 0. The number of nitrogens with one attached hydrogen (secondary N) is 1. The number of nitrogens with zero attached hydrogens (tertiary/aromatic N) is 1. The third kappa shape index (κ3) is 3.20. The van der Waals surface area contributed by atoms with Crippen molar-refractivity contribution in [3.63, 3.8) is 0 Å². The van der Waals surface area contributed by atoms with Crippen LogP contribution in [0.1, 0.15) is 33.1 Å². The van der Waals surface area contributed by atoms with Gasteiger partial charge in [-0.15, -0.1) is 11.8 Å². The predicted molar refractivity (Wildman–Crippen MR) is 76.8 cm³/mol. The van der Waals surface area contributed by atoms with E-state index in [4.69, 9.17) is 4.74 Å². The monoisotopic (exact) mass is 302 g/mol. The highest BCUT2D eigenvalue weighted by Gasteiger charge is 2.41. The Kier molecular flexibility index (Phi) is 5.15. The first-order valence-electron chi connectivity index (χ1n) is 7.09. The molecule has 114 valence electrons. The number of rotatable bonds is 4. The fraction of sp³-hybridized carbons (Fsp3) is 0.846. The Morgan fingerprint density at radius 2 is 2.30 bits per heavy atom. The molecule has 0 aliphatic carbocycles. The Hall–Kier alpha value is -0.950. The van der Waals surface area contributed by atoms with Crippen LogP contribution in [0, 0.1) is 0 Å². The summed E-state index contributed by atoms with van der Waals surface area (Å²) in [4.78, 5) is 25.1. The molecule has 2 amide bonds. The SMILES string of the molecule is CCC1SCC(C(=O)O)N1C(=O)NC(C)C1CCCO1. The second-order valence-electron chi connectivity index (χ2n) is 5.25. The fourth-order valence-electron chi connectivity index (χ4n) is 2.70. The van der Waals surface area contributed by atoms with Gasteiger partial charge in [0.25, 0.3) is 0 Å². The van der Waals surface area contributed by atoms with Crippen LogP contribution in [0.25, 0.3) is 0 Å². The number of amides is 2. The molecule has 0 spiro atoms. The van der Waals surface area contributed by atoms with E-state index in [1.807, 2.05) is 13.8 Å². The second-order valence-corrected chi connectivity index (χ2v) is 6.46. The van der Waals surface area contributed by atoms with Crippen LogP contribution in [0.4, 0.5) is 4.79 Å². The van der Waals surface area contributed by atoms with Crippen LogP contribution >= 0.6 is 11.8 Å². The normalized spacial score (nSPS) is 31.3. The summed E-state index contributed by atoms with van der Waals surface area (Å²) >= 11 is 1.53. The molecule has 2 saturated heterocycles. The number of hydrogen-bond acceptors (Lipinski definition) is 4. The summed E-state index contributed by atoms with van der Waals surface area (Å²) < 4.78 is 5.55. The summed E-state index contributed by atoms with van der Waals surface area (Å²) in [6, 6.07) is -1.12. The zero-order valence-electron chi connectivity index (χ0n) is 11.9. The Morgan fingerprint density at radius 1 is 1.55 bits per heavy atom. The van der Waals surface area contributed by atoms with Crippen LogP contribution < -0.4 is 5.32 Å². The third-order valence-electron chi connectivity index (χ3n) is 3.84. The van der Waals surface area contributed by atoms with Gasteiger partial charge in [0, 0.05) is 12.4 Å². The summed E-state index contributed by atoms with van der Waals surface area (Å²) in [6.45, 7) is 4.61. The lowest BCUT2D eigenvalue weighted by molar-refractivity contribution is -0.141. The summed E-state index contributed by atoms with van der Waals surface area (Å²) in [5.74, 6) is -0.483. The minimum atomic E-state index is -0.937. The average Bonchev–Trinajstić information content (AvgIpc) is 3.07. The van der Waals surface area contributed by atoms with Gasteiger partial charge in [-0.1, -0.05) is 6.92 Å². The van der Waals surface area contributed by atoms with E-state index in [1.165, 1.54) is 16.7 Å². The molecule has 2 aliphatic rings. The van der Waals surface area contributed by atoms with Gasteiger partial charge in [-0.05, 0) is 26.2 Å². The van der Waals surface area contributed by atoms with E-state index < -0.39 is 12.0 Å². The van der Waals surface area contributed by atoms with Crippen molar-refractivity contribution in [3.8, 4) is 0 Å². The molecule has 0 aromatic heterocycles. The lowest BCUT2D eigenvalue weighted by Crippen LogP contribution is -2.53. The van der Waals surface area contributed by atoms with Crippen molar-refractivity contribution in [2.24, 2.45) is 0 Å². The van der Waals surface area contributed by atoms with Crippen molar-refractivity contribution in [3.05, 3.63) is 0 Å². The van der Waals surface area contributed by atoms with Gasteiger partial charge >= 0.3 is 12.0 Å². The van der Waals surface area contributed by atoms with Gasteiger partial charge < -0.3 is 15.2 Å². The number of aliphatic carboxylic acids is 1. The van der Waals surface area contributed by atoms with Crippen LogP contribution in [0.15, 0.2) is 0 Å². The molecule has 4 atom stereocenters. The molecule has 6 nitrogen and oxygen atoms in total. The number of carbonyl (C=O) groups excluding carboxylic acids is 1. The lowest BCUT2D eigenvalue weighted by atomic mass is 10.1. The first-order valence-corrected chi connectivity index (χ1v) is 8.14. The number of thioether (sulfide) groups is 1. The van der Waals surface area contributed by atoms with Crippen molar-refractivity contribution >= 4 is 23.8 Å². The van der Waals surface area contributed by atoms with Gasteiger partial charge in [0.2, 0.25) is 0 Å². The van der Waals surface area contributed by atoms with Crippen LogP contribution in [0.2, 0.25) is 0 Å². The number of carboxylic acid groups (broad SMARTS) is 1. The van der Waals surface area contributed by atoms with E-state index >= 15 is 0 Å². The molecule has 4 unspecified atom stereocenters. The Morgan fingerprint density at radius 3 is 2.85 bits per heavy atom. The van der Waals surface area contributed by atoms with Crippen molar-refractivity contribution in [1.82, 2.24) is 10.2 Å². The van der Waals surface area contributed by atoms with E-state index in [-0.39, 0.29) is 23.6 Å². The Balaban J connectivity index is 1.99. The van der Waals surface area contributed by atoms with Crippen molar-refractivity contribution in [1.29, 1.82) is 0 Å². The molecular weight excluding hydrogens is 280 g/mol. The standard InChI is InChI=1S/C13H22N2O4S/c1-3-11-15(9(7-20-11)12(16)17)13(18)14-8(2)10-5-4-6-19-10/h8-11H,3-7H2,1-2H3,(H,14,18)(H,16,17). The minimum Gasteiger partial charge on any atom is -0.480 e. The van der Waals surface area contributed by atoms with Crippen molar-refractivity contribution in [2.75, 3.05) is 12.4 Å². The van der Waals surface area contributed by atoms with Crippen LogP contribution in [0.5, 0.6) is 0 Å². The maximum absolute atomic E-state index is 12.4. The summed E-state index contributed by atoms with van der Waals surface area (Å²) in [7, 11) is 0. The van der Waals surface area contributed by atoms with Gasteiger partial charge in [-0.2, -0.15) is 0 Å². The molecule has 2 N–H and O–H groups in total. The maximum Gasteiger partial charge on any atom is 0.327 e. The summed E-state index contributed by atoms with van der Waals surface area (Å²) in [5, 5.41) is 12.1. The third-order valence-corrected chi connectivity index (χ3v) is 5.29. The zero-order valence-corrected chi connectivity index (χ0v) is 12.7. The van der Waals surface area contributed by atoms with Crippen LogP contribution in [0.3, 0.4) is 0 Å². The van der Waals surface area contributed by atoms with Crippen LogP contribution in [-0.4, -0.2) is 57.9 Å². The van der Waals surface area contributed by atoms with Gasteiger partial charge in [0.15, 0.2) is 0 Å². The van der Waals surface area contributed by atoms with E-state index in [1.54, 1.807) is 0 Å². The average molecular weight is 302 g/mol. The molecule has 2 aliphatic heterocycles. The fourth-order valence-corrected chi connectivity index (χ4v) is 4.05. The van der Waals surface area contributed by atoms with Crippen molar-refractivity contribution in [2.45, 2.75) is 56.7 Å². The van der Waals surface area contributed by atoms with Gasteiger partial charge in [-0.3, -0.25) is 4.90 Å². The van der Waals surface area contributed by atoms with Gasteiger partial charge in [0.1, 0.15) is 6.04 Å². The molecule has 2 heterocycles. The smallest absolute Gasteiger partial charge is 0.327 e. The van der Waals surface area contributed by atoms with E-state index in [0.29, 0.717) is 5.75 Å². The zero-order chi connectivity index (χ0) is 14.7. The molecule has 0 aromatic carbocycles. The number of urea groups is 1. The molecule has 2 fully saturated rings. The Labute approximate surface area is 123 Å². The molecule has 2 rings (SSSR count). The highest BCUT2D eigenvalue weighted by Crippen LogP contribution is 2.31. The molecule has 0 aromatic rings. The van der Waals surface area contributed by atoms with E-state index in [0.717, 1.165) is 25.9 Å². The van der Waals surface area contributed by atoms with Crippen molar-refractivity contribution < 1.29 is 19.4 Å². The molecule has 20 heavy (non-hydrogen) atoms. The highest BCUT2D eigenvalue weighted by molar-refractivity contribution is 8.00. The van der Waals surface area contributed by atoms with Crippen LogP contribution in [-0.2, 0) is 9.53 Å². The van der Waals surface area contributed by atoms with E-state index in [9.17, 15) is 14.7 Å².